The van der Waals surface area contributed by atoms with Gasteiger partial charge in [0, 0.05) is 12.1 Å². The Kier molecular flexibility index (Phi) is 4.16. The second-order valence-electron chi connectivity index (χ2n) is 6.59. The fraction of sp³-hybridized carbons (Fsp3) is 0.263. The van der Waals surface area contributed by atoms with Crippen LogP contribution in [-0.4, -0.2) is 28.0 Å². The highest BCUT2D eigenvalue weighted by molar-refractivity contribution is 7.71. The van der Waals surface area contributed by atoms with Crippen molar-refractivity contribution < 1.29 is 9.47 Å². The molecule has 1 aromatic heterocycles. The highest BCUT2D eigenvalue weighted by Gasteiger charge is 2.30. The van der Waals surface area contributed by atoms with Crippen molar-refractivity contribution in [2.45, 2.75) is 18.5 Å². The summed E-state index contributed by atoms with van der Waals surface area (Å²) in [5, 5.41) is 7.41. The molecule has 0 aliphatic carbocycles. The van der Waals surface area contributed by atoms with Crippen LogP contribution in [0.25, 0.3) is 5.69 Å². The zero-order valence-corrected chi connectivity index (χ0v) is 15.3. The van der Waals surface area contributed by atoms with Crippen LogP contribution in [0.1, 0.15) is 29.9 Å². The summed E-state index contributed by atoms with van der Waals surface area (Å²) < 4.78 is 13.8. The van der Waals surface area contributed by atoms with Gasteiger partial charge in [-0.05, 0) is 36.3 Å². The lowest BCUT2D eigenvalue weighted by molar-refractivity contribution is 0.171. The molecule has 1 saturated heterocycles. The average molecular weight is 381 g/mol. The Morgan fingerprint density at radius 2 is 1.74 bits per heavy atom. The van der Waals surface area contributed by atoms with E-state index in [-0.39, 0.29) is 12.1 Å². The number of fused-ring (bicyclic) bond motifs is 1. The number of hydrazine groups is 1. The van der Waals surface area contributed by atoms with Crippen molar-refractivity contribution in [2.24, 2.45) is 0 Å². The molecule has 0 radical (unpaired) electrons. The Balaban J connectivity index is 1.47. The van der Waals surface area contributed by atoms with E-state index in [9.17, 15) is 0 Å². The summed E-state index contributed by atoms with van der Waals surface area (Å²) in [6.45, 7) is 1.12. The van der Waals surface area contributed by atoms with Crippen LogP contribution < -0.4 is 20.3 Å². The van der Waals surface area contributed by atoms with Gasteiger partial charge in [0.1, 0.15) is 13.2 Å². The van der Waals surface area contributed by atoms with Crippen LogP contribution in [0.5, 0.6) is 11.5 Å². The normalized spacial score (nSPS) is 21.3. The van der Waals surface area contributed by atoms with Gasteiger partial charge in [-0.3, -0.25) is 9.67 Å². The zero-order valence-electron chi connectivity index (χ0n) is 14.5. The van der Waals surface area contributed by atoms with Gasteiger partial charge < -0.3 is 9.47 Å². The van der Waals surface area contributed by atoms with E-state index in [1.165, 1.54) is 5.56 Å². The number of benzene rings is 2. The monoisotopic (exact) mass is 381 g/mol. The summed E-state index contributed by atoms with van der Waals surface area (Å²) in [6, 6.07) is 16.4. The lowest BCUT2D eigenvalue weighted by atomic mass is 10.0. The van der Waals surface area contributed by atoms with Crippen LogP contribution in [0, 0.1) is 4.77 Å². The maximum atomic E-state index is 5.71. The predicted molar refractivity (Wildman–Crippen MR) is 103 cm³/mol. The quantitative estimate of drug-likeness (QED) is 0.606. The first-order chi connectivity index (χ1) is 13.3. The van der Waals surface area contributed by atoms with Crippen LogP contribution in [0.2, 0.25) is 0 Å². The average Bonchev–Trinajstić information content (AvgIpc) is 3.35. The van der Waals surface area contributed by atoms with E-state index in [1.54, 1.807) is 0 Å². The van der Waals surface area contributed by atoms with Gasteiger partial charge in [0.05, 0.1) is 11.7 Å². The van der Waals surface area contributed by atoms with Gasteiger partial charge in [-0.1, -0.05) is 30.3 Å². The molecule has 3 aromatic rings. The molecular formula is C19H19N5O2S. The Labute approximate surface area is 161 Å². The van der Waals surface area contributed by atoms with Crippen molar-refractivity contribution in [1.29, 1.82) is 0 Å². The Bertz CT molecular complexity index is 1020. The van der Waals surface area contributed by atoms with Crippen molar-refractivity contribution in [3.8, 4) is 17.2 Å². The number of hydrogen-bond acceptors (Lipinski definition) is 6. The van der Waals surface area contributed by atoms with Crippen LogP contribution >= 0.6 is 12.2 Å². The predicted octanol–water partition coefficient (Wildman–Crippen LogP) is 2.98. The Hall–Kier alpha value is -2.68. The van der Waals surface area contributed by atoms with Crippen LogP contribution in [0.15, 0.2) is 48.5 Å². The SMILES string of the molecule is S=c1[nH]nc(C2CC(c3ccccc3)NN2)n1-c1ccc2c(c1)OCCO2. The minimum Gasteiger partial charge on any atom is -0.486 e. The third-order valence-electron chi connectivity index (χ3n) is 4.90. The minimum atomic E-state index is 0.0244. The van der Waals surface area contributed by atoms with E-state index in [2.05, 4.69) is 45.3 Å². The maximum absolute atomic E-state index is 5.71. The number of rotatable bonds is 3. The standard InChI is InChI=1S/C19H19N5O2S/c27-19-23-22-18(15-11-14(20-21-15)12-4-2-1-3-5-12)24(19)13-6-7-16-17(10-13)26-9-8-25-16/h1-7,10,14-15,20-21H,8-9,11H2,(H,23,27). The molecule has 2 aromatic carbocycles. The van der Waals surface area contributed by atoms with Crippen LogP contribution in [-0.2, 0) is 0 Å². The van der Waals surface area contributed by atoms with Crippen molar-refractivity contribution in [1.82, 2.24) is 25.6 Å². The van der Waals surface area contributed by atoms with Crippen molar-refractivity contribution in [3.05, 3.63) is 64.7 Å². The molecule has 0 bridgehead atoms. The smallest absolute Gasteiger partial charge is 0.199 e. The third-order valence-corrected chi connectivity index (χ3v) is 5.17. The van der Waals surface area contributed by atoms with Gasteiger partial charge >= 0.3 is 0 Å². The number of hydrogen-bond donors (Lipinski definition) is 3. The molecule has 0 amide bonds. The fourth-order valence-electron chi connectivity index (χ4n) is 3.59. The number of aromatic nitrogens is 3. The number of ether oxygens (including phenoxy) is 2. The minimum absolute atomic E-state index is 0.0244. The Morgan fingerprint density at radius 3 is 2.59 bits per heavy atom. The molecule has 3 N–H and O–H groups in total. The molecule has 2 aliphatic heterocycles. The molecule has 0 saturated carbocycles. The third kappa shape index (κ3) is 3.01. The van der Waals surface area contributed by atoms with Crippen molar-refractivity contribution >= 4 is 12.2 Å². The molecule has 5 rings (SSSR count). The summed E-state index contributed by atoms with van der Waals surface area (Å²) in [6.07, 6.45) is 0.869. The highest BCUT2D eigenvalue weighted by Crippen LogP contribution is 2.34. The molecule has 1 fully saturated rings. The second-order valence-corrected chi connectivity index (χ2v) is 6.98. The maximum Gasteiger partial charge on any atom is 0.199 e. The summed E-state index contributed by atoms with van der Waals surface area (Å²) >= 11 is 5.49. The molecule has 8 heteroatoms. The summed E-state index contributed by atoms with van der Waals surface area (Å²) in [4.78, 5) is 0. The number of nitrogens with one attached hydrogen (secondary N) is 3. The molecule has 2 atom stereocenters. The largest absolute Gasteiger partial charge is 0.486 e. The van der Waals surface area contributed by atoms with Gasteiger partial charge in [0.2, 0.25) is 0 Å². The molecule has 3 heterocycles. The number of nitrogens with zero attached hydrogens (tertiary/aromatic N) is 2. The molecule has 2 unspecified atom stereocenters. The van der Waals surface area contributed by atoms with E-state index in [0.717, 1.165) is 29.4 Å². The molecular weight excluding hydrogens is 362 g/mol. The van der Waals surface area contributed by atoms with Gasteiger partial charge in [-0.2, -0.15) is 5.10 Å². The summed E-state index contributed by atoms with van der Waals surface area (Å²) in [7, 11) is 0. The first-order valence-electron chi connectivity index (χ1n) is 8.93. The van der Waals surface area contributed by atoms with Gasteiger partial charge in [-0.25, -0.2) is 10.9 Å². The van der Waals surface area contributed by atoms with E-state index in [1.807, 2.05) is 28.8 Å². The topological polar surface area (TPSA) is 76.1 Å². The Morgan fingerprint density at radius 1 is 0.963 bits per heavy atom. The van der Waals surface area contributed by atoms with Gasteiger partial charge in [0.15, 0.2) is 22.1 Å². The van der Waals surface area contributed by atoms with E-state index >= 15 is 0 Å². The molecule has 138 valence electrons. The number of aromatic amines is 1. The van der Waals surface area contributed by atoms with Crippen LogP contribution in [0.3, 0.4) is 0 Å². The lowest BCUT2D eigenvalue weighted by Crippen LogP contribution is -2.28. The molecule has 0 spiro atoms. The van der Waals surface area contributed by atoms with Gasteiger partial charge in [0.25, 0.3) is 0 Å². The van der Waals surface area contributed by atoms with Gasteiger partial charge in [-0.15, -0.1) is 0 Å². The first kappa shape index (κ1) is 16.5. The summed E-state index contributed by atoms with van der Waals surface area (Å²) in [5.74, 6) is 2.32. The van der Waals surface area contributed by atoms with Crippen molar-refractivity contribution in [3.63, 3.8) is 0 Å². The zero-order chi connectivity index (χ0) is 18.2. The van der Waals surface area contributed by atoms with Crippen molar-refractivity contribution in [2.75, 3.05) is 13.2 Å². The highest BCUT2D eigenvalue weighted by atomic mass is 32.1. The summed E-state index contributed by atoms with van der Waals surface area (Å²) in [5.41, 5.74) is 8.86. The van der Waals surface area contributed by atoms with E-state index in [4.69, 9.17) is 21.7 Å². The fourth-order valence-corrected chi connectivity index (χ4v) is 3.84. The van der Waals surface area contributed by atoms with E-state index < -0.39 is 0 Å². The second kappa shape index (κ2) is 6.80. The number of H-pyrrole nitrogens is 1. The lowest BCUT2D eigenvalue weighted by Gasteiger charge is -2.19. The molecule has 7 nitrogen and oxygen atoms in total. The first-order valence-corrected chi connectivity index (χ1v) is 9.34. The van der Waals surface area contributed by atoms with E-state index in [0.29, 0.717) is 18.0 Å². The molecule has 27 heavy (non-hydrogen) atoms. The van der Waals surface area contributed by atoms with Crippen LogP contribution in [0.4, 0.5) is 0 Å². The molecule has 2 aliphatic rings.